The van der Waals surface area contributed by atoms with Gasteiger partial charge in [0.25, 0.3) is 5.91 Å². The number of esters is 1. The average Bonchev–Trinajstić information content (AvgIpc) is 1.02. The van der Waals surface area contributed by atoms with Crippen molar-refractivity contribution < 1.29 is 106 Å². The van der Waals surface area contributed by atoms with Crippen LogP contribution in [0.15, 0.2) is 59.5 Å². The van der Waals surface area contributed by atoms with E-state index in [1.54, 1.807) is 20.1 Å². The van der Waals surface area contributed by atoms with Gasteiger partial charge in [-0.1, -0.05) is 64.8 Å². The number of Topliss-reactive ketones (excluding diaryl/α,β-unsaturated/α-hetero) is 1. The number of carbonyl (C=O) groups is 4. The van der Waals surface area contributed by atoms with Gasteiger partial charge in [-0.05, 0) is 61.8 Å². The molecule has 19 atom stereocenters. The monoisotopic (exact) mass is 1310 g/mol. The van der Waals surface area contributed by atoms with E-state index in [4.69, 9.17) is 66.4 Å². The number of anilines is 1. The molecule has 0 radical (unpaired) electrons. The smallest absolute Gasteiger partial charge is 0.411 e. The Hall–Kier alpha value is -4.62. The molecule has 2 aliphatic carbocycles. The number of thioether (sulfide) groups is 1. The van der Waals surface area contributed by atoms with Crippen LogP contribution < -0.4 is 30.9 Å². The van der Waals surface area contributed by atoms with Crippen molar-refractivity contribution in [1.29, 1.82) is 0 Å². The number of amides is 2. The molecule has 2 bridgehead atoms. The fourth-order valence-electron chi connectivity index (χ4n) is 10.7. The van der Waals surface area contributed by atoms with E-state index >= 15 is 4.79 Å². The van der Waals surface area contributed by atoms with E-state index in [1.165, 1.54) is 95.7 Å². The van der Waals surface area contributed by atoms with Gasteiger partial charge in [-0.3, -0.25) is 19.7 Å². The lowest BCUT2D eigenvalue weighted by molar-refractivity contribution is -0.336. The number of hydroxylamine groups is 1. The molecule has 4 saturated heterocycles. The molecule has 26 nitrogen and oxygen atoms in total. The van der Waals surface area contributed by atoms with E-state index < -0.39 is 134 Å². The summed E-state index contributed by atoms with van der Waals surface area (Å²) in [6.07, 6.45) is -11.7. The van der Waals surface area contributed by atoms with Gasteiger partial charge < -0.3 is 92.6 Å². The Balaban J connectivity index is 1.27. The number of nitrogens with one attached hydrogen (secondary N) is 4. The third kappa shape index (κ3) is 16.9. The second-order valence-corrected chi connectivity index (χ2v) is 26.0. The molecule has 30 heteroatoms. The van der Waals surface area contributed by atoms with Crippen LogP contribution in [0.1, 0.15) is 57.3 Å². The largest absolute Gasteiger partial charge is 0.493 e. The van der Waals surface area contributed by atoms with Crippen LogP contribution in [0.3, 0.4) is 0 Å². The molecule has 4 fully saturated rings. The van der Waals surface area contributed by atoms with Gasteiger partial charge in [-0.2, -0.15) is 17.2 Å². The predicted molar refractivity (Wildman–Crippen MR) is 325 cm³/mol. The van der Waals surface area contributed by atoms with Crippen molar-refractivity contribution in [3.63, 3.8) is 0 Å². The summed E-state index contributed by atoms with van der Waals surface area (Å²) < 4.78 is 77.7. The molecule has 1 aromatic carbocycles. The molecular formula is C58H78N4O22S4. The van der Waals surface area contributed by atoms with Crippen molar-refractivity contribution >= 4 is 72.6 Å². The molecule has 1 aromatic rings. The summed E-state index contributed by atoms with van der Waals surface area (Å²) in [7, 11) is 10.8. The maximum Gasteiger partial charge on any atom is 0.411 e. The molecule has 4 heterocycles. The van der Waals surface area contributed by atoms with Crippen LogP contribution in [0, 0.1) is 23.7 Å². The van der Waals surface area contributed by atoms with E-state index in [0.29, 0.717) is 6.54 Å². The van der Waals surface area contributed by atoms with Crippen molar-refractivity contribution in [3.05, 3.63) is 65.1 Å². The number of carbonyl (C=O) groups excluding carboxylic acids is 4. The van der Waals surface area contributed by atoms with Crippen LogP contribution in [0.4, 0.5) is 10.5 Å². The highest BCUT2D eigenvalue weighted by molar-refractivity contribution is 9.09. The van der Waals surface area contributed by atoms with E-state index in [9.17, 15) is 34.8 Å². The van der Waals surface area contributed by atoms with Gasteiger partial charge in [0, 0.05) is 55.4 Å². The molecule has 0 aromatic heterocycles. The van der Waals surface area contributed by atoms with Crippen molar-refractivity contribution in [2.24, 2.45) is 0 Å². The first kappa shape index (κ1) is 70.8. The van der Waals surface area contributed by atoms with Crippen molar-refractivity contribution in [2.45, 2.75) is 162 Å². The molecule has 0 saturated carbocycles. The number of aliphatic hydroxyl groups is 4. The number of allylic oxidation sites excluding steroid dienone is 2. The topological polar surface area (TPSA) is 327 Å². The quantitative estimate of drug-likeness (QED) is 0.0133. The number of ketones is 1. The highest BCUT2D eigenvalue weighted by Crippen LogP contribution is 2.44. The third-order valence-electron chi connectivity index (χ3n) is 15.2. The van der Waals surface area contributed by atoms with Gasteiger partial charge in [0.05, 0.1) is 99.8 Å². The van der Waals surface area contributed by atoms with Crippen LogP contribution >= 0.6 is 43.2 Å². The molecule has 6 unspecified atom stereocenters. The van der Waals surface area contributed by atoms with Gasteiger partial charge >= 0.3 is 12.1 Å². The van der Waals surface area contributed by atoms with Gasteiger partial charge in [0.2, 0.25) is 5.78 Å². The lowest BCUT2D eigenvalue weighted by atomic mass is 9.73. The summed E-state index contributed by atoms with van der Waals surface area (Å²) in [5.74, 6) is 8.59. The van der Waals surface area contributed by atoms with Gasteiger partial charge in [0.15, 0.2) is 54.1 Å². The Morgan fingerprint density at radius 1 is 0.852 bits per heavy atom. The van der Waals surface area contributed by atoms with Crippen LogP contribution in [-0.4, -0.2) is 226 Å². The molecule has 486 valence electrons. The second-order valence-electron chi connectivity index (χ2n) is 20.6. The zero-order valence-electron chi connectivity index (χ0n) is 50.5. The number of alkyl carbamates (subject to hydrolysis) is 1. The number of aliphatic hydroxyl groups excluding tert-OH is 3. The maximum atomic E-state index is 15.6. The Bertz CT molecular complexity index is 2850. The number of methoxy groups -OCH3 is 5. The fraction of sp³-hybridized carbons (Fsp3) is 0.621. The summed E-state index contributed by atoms with van der Waals surface area (Å²) in [4.78, 5) is 62.4. The zero-order valence-corrected chi connectivity index (χ0v) is 53.8. The van der Waals surface area contributed by atoms with Gasteiger partial charge in [-0.15, -0.1) is 0 Å². The van der Waals surface area contributed by atoms with E-state index in [1.807, 2.05) is 26.4 Å². The summed E-state index contributed by atoms with van der Waals surface area (Å²) in [6, 6.07) is 1.33. The lowest BCUT2D eigenvalue weighted by Crippen LogP contribution is -2.65. The Labute approximate surface area is 526 Å². The predicted octanol–water partition coefficient (Wildman–Crippen LogP) is 3.03. The van der Waals surface area contributed by atoms with Crippen LogP contribution in [0.2, 0.25) is 0 Å². The number of likely N-dealkylation sites (N-methyl/N-ethyl adjacent to an activating group) is 1. The van der Waals surface area contributed by atoms with Crippen molar-refractivity contribution in [3.8, 4) is 35.2 Å². The molecule has 88 heavy (non-hydrogen) atoms. The average molecular weight is 1310 g/mol. The minimum atomic E-state index is -2.66. The molecular weight excluding hydrogens is 1230 g/mol. The molecule has 2 amide bonds. The van der Waals surface area contributed by atoms with E-state index in [-0.39, 0.29) is 82.3 Å². The van der Waals surface area contributed by atoms with E-state index in [2.05, 4.69) is 51.7 Å². The number of ether oxygens (including phenoxy) is 13. The molecule has 0 spiro atoms. The fourth-order valence-corrected chi connectivity index (χ4v) is 13.9. The first-order valence-corrected chi connectivity index (χ1v) is 33.4. The molecule has 4 aliphatic heterocycles. The minimum Gasteiger partial charge on any atom is -0.493 e. The SMILES string of the molecule is C=C(OC)C(=O)Nc1cc(OC)c(OC)cc1C(=O)O[C@H]1C[C@H](OC2C(=O)C(NC(=O)OC)=C3/C(=C\CSSSC)C2(O)C#C/C=C\C#CC3O[C@@H]2OC(C)[C@H](NOC3C[C@H](O)[C@@H](SC)[C@@H](C)O3)[C@@H](O)[C@@H]2OC2C[C@H](OC)[C@@H](NCC)CO2)O[C@@H](C)[C@H]1O. The van der Waals surface area contributed by atoms with Gasteiger partial charge in [0.1, 0.15) is 30.5 Å². The number of fused-ring (bicyclic) bond motifs is 2. The highest BCUT2D eigenvalue weighted by atomic mass is 33.5. The molecule has 7 rings (SSSR count). The summed E-state index contributed by atoms with van der Waals surface area (Å²) >= 11 is 1.47. The second kappa shape index (κ2) is 33.1. The lowest BCUT2D eigenvalue weighted by Gasteiger charge is -2.47. The van der Waals surface area contributed by atoms with Crippen LogP contribution in [0.5, 0.6) is 11.5 Å². The maximum absolute atomic E-state index is 15.6. The highest BCUT2D eigenvalue weighted by Gasteiger charge is 2.57. The third-order valence-corrected chi connectivity index (χ3v) is 20.1. The zero-order chi connectivity index (χ0) is 64.0. The Morgan fingerprint density at radius 3 is 2.24 bits per heavy atom. The number of rotatable bonds is 25. The normalized spacial score (nSPS) is 34.6. The number of hydrogen-bond donors (Lipinski definition) is 8. The number of benzene rings is 1. The van der Waals surface area contributed by atoms with Crippen molar-refractivity contribution in [1.82, 2.24) is 16.1 Å². The first-order chi connectivity index (χ1) is 42.2. The first-order valence-electron chi connectivity index (χ1n) is 28.1. The van der Waals surface area contributed by atoms with Crippen LogP contribution in [-0.2, 0) is 66.5 Å². The molecule has 6 aliphatic rings. The van der Waals surface area contributed by atoms with Crippen LogP contribution in [0.25, 0.3) is 0 Å². The number of hydrogen-bond acceptors (Lipinski definition) is 28. The molecule has 8 N–H and O–H groups in total. The minimum absolute atomic E-state index is 0.0845. The van der Waals surface area contributed by atoms with E-state index in [0.717, 1.165) is 7.11 Å². The van der Waals surface area contributed by atoms with Gasteiger partial charge in [-0.25, -0.2) is 9.59 Å². The Kier molecular flexibility index (Phi) is 26.6. The summed E-state index contributed by atoms with van der Waals surface area (Å²) in [5, 5.41) is 56.7. The summed E-state index contributed by atoms with van der Waals surface area (Å²) in [5.41, 5.74) is -0.949. The standard InChI is InChI=1S/C58H78N4O22S4/c1-13-59-35-27-76-42(25-38(35)72-7)82-51-49(65)46(62-84-44-24-36(63)52(85-11)30(4)78-44)28(2)79-56(51)81-37-18-16-14-15-17-20-58(70)33(19-21-87-88-86-12)45(37)47(61-57(69)75-10)50(66)53(58)83-43-26-41(48(64)29(3)77-43)80-55(68)32-22-39(73-8)40(74-9)23-34(32)60-54(67)31(5)71-6/h14-15,19,22-23,28-30,35-38,41-44,46,48-49,51-53,56,59,62-65,70H,5,13,21,24-27H2,1-4,6-12H3,(H,60,67)(H,61,69)/b15-14-,33-19+/t28?,29-,30+,35-,36-,37?,38-,41-,42?,43-,44?,46-,48+,49+,51-,52-,53?,56-,58?/m0/s1. The van der Waals surface area contributed by atoms with Crippen molar-refractivity contribution in [2.75, 3.05) is 72.3 Å². The Morgan fingerprint density at radius 2 is 1.57 bits per heavy atom. The summed E-state index contributed by atoms with van der Waals surface area (Å²) in [6.45, 7) is 11.2.